The Balaban J connectivity index is 1.66. The van der Waals surface area contributed by atoms with Gasteiger partial charge in [0.15, 0.2) is 11.0 Å². The summed E-state index contributed by atoms with van der Waals surface area (Å²) >= 11 is 1.24. The monoisotopic (exact) mass is 489 g/mol. The van der Waals surface area contributed by atoms with Crippen molar-refractivity contribution < 1.29 is 14.5 Å². The molecule has 1 heterocycles. The van der Waals surface area contributed by atoms with Crippen LogP contribution in [-0.2, 0) is 4.79 Å². The van der Waals surface area contributed by atoms with Gasteiger partial charge in [-0.25, -0.2) is 0 Å². The van der Waals surface area contributed by atoms with E-state index in [1.54, 1.807) is 20.1 Å². The van der Waals surface area contributed by atoms with Crippen molar-refractivity contribution in [2.75, 3.05) is 12.4 Å². The molecule has 1 N–H and O–H groups in total. The average molecular weight is 490 g/mol. The number of aromatic nitrogens is 3. The van der Waals surface area contributed by atoms with Crippen LogP contribution in [0.15, 0.2) is 78.0 Å². The molecule has 178 valence electrons. The highest BCUT2D eigenvalue weighted by Gasteiger charge is 2.23. The number of anilines is 1. The van der Waals surface area contributed by atoms with Crippen molar-refractivity contribution >= 4 is 29.0 Å². The lowest BCUT2D eigenvalue weighted by molar-refractivity contribution is -0.384. The molecule has 0 radical (unpaired) electrons. The first kappa shape index (κ1) is 24.0. The van der Waals surface area contributed by atoms with Gasteiger partial charge in [-0.3, -0.25) is 19.5 Å². The van der Waals surface area contributed by atoms with Crippen molar-refractivity contribution in [2.24, 2.45) is 0 Å². The Morgan fingerprint density at radius 2 is 1.83 bits per heavy atom. The first-order valence-corrected chi connectivity index (χ1v) is 11.6. The number of para-hydroxylation sites is 1. The van der Waals surface area contributed by atoms with E-state index in [1.165, 1.54) is 30.0 Å². The molecule has 1 atom stereocenters. The zero-order valence-corrected chi connectivity index (χ0v) is 20.2. The number of hydrogen-bond acceptors (Lipinski definition) is 7. The zero-order valence-electron chi connectivity index (χ0n) is 19.3. The Morgan fingerprint density at radius 3 is 2.54 bits per heavy atom. The van der Waals surface area contributed by atoms with Gasteiger partial charge in [-0.2, -0.15) is 0 Å². The number of benzene rings is 3. The van der Waals surface area contributed by atoms with Crippen molar-refractivity contribution in [1.29, 1.82) is 0 Å². The standard InChI is InChI=1S/C25H23N5O4S/c1-16-11-13-19(14-12-16)29-23(21-9-4-5-10-22(21)34-3)27-28-25(29)35-17(2)24(31)26-18-7-6-8-20(15-18)30(32)33/h4-15,17H,1-3H3,(H,26,31). The Hall–Kier alpha value is -4.18. The summed E-state index contributed by atoms with van der Waals surface area (Å²) in [5.74, 6) is 0.925. The van der Waals surface area contributed by atoms with Crippen LogP contribution in [0.5, 0.6) is 5.75 Å². The fourth-order valence-electron chi connectivity index (χ4n) is 3.43. The van der Waals surface area contributed by atoms with E-state index >= 15 is 0 Å². The first-order chi connectivity index (χ1) is 16.9. The van der Waals surface area contributed by atoms with E-state index in [9.17, 15) is 14.9 Å². The number of amides is 1. The number of carbonyl (C=O) groups is 1. The van der Waals surface area contributed by atoms with Crippen molar-refractivity contribution in [3.05, 3.63) is 88.5 Å². The molecule has 0 aliphatic carbocycles. The van der Waals surface area contributed by atoms with Crippen molar-refractivity contribution in [1.82, 2.24) is 14.8 Å². The zero-order chi connectivity index (χ0) is 24.9. The molecule has 4 aromatic rings. The molecule has 1 aromatic heterocycles. The minimum Gasteiger partial charge on any atom is -0.496 e. The van der Waals surface area contributed by atoms with Gasteiger partial charge in [-0.05, 0) is 44.2 Å². The lowest BCUT2D eigenvalue weighted by atomic mass is 10.1. The van der Waals surface area contributed by atoms with Gasteiger partial charge in [0.2, 0.25) is 5.91 Å². The van der Waals surface area contributed by atoms with Gasteiger partial charge < -0.3 is 10.1 Å². The topological polar surface area (TPSA) is 112 Å². The van der Waals surface area contributed by atoms with Gasteiger partial charge in [0, 0.05) is 23.5 Å². The lowest BCUT2D eigenvalue weighted by Gasteiger charge is -2.15. The number of nitrogens with one attached hydrogen (secondary N) is 1. The number of methoxy groups -OCH3 is 1. The van der Waals surface area contributed by atoms with Gasteiger partial charge in [0.05, 0.1) is 22.8 Å². The number of nitro groups is 1. The molecule has 35 heavy (non-hydrogen) atoms. The van der Waals surface area contributed by atoms with Crippen LogP contribution in [-0.4, -0.2) is 38.0 Å². The van der Waals surface area contributed by atoms with Crippen molar-refractivity contribution in [2.45, 2.75) is 24.3 Å². The Morgan fingerprint density at radius 1 is 1.09 bits per heavy atom. The second-order valence-corrected chi connectivity index (χ2v) is 9.04. The molecule has 0 saturated carbocycles. The number of hydrogen-bond donors (Lipinski definition) is 1. The summed E-state index contributed by atoms with van der Waals surface area (Å²) < 4.78 is 7.42. The fraction of sp³-hybridized carbons (Fsp3) is 0.160. The van der Waals surface area contributed by atoms with E-state index in [-0.39, 0.29) is 11.6 Å². The Bertz CT molecular complexity index is 1370. The minimum atomic E-state index is -0.562. The number of aryl methyl sites for hydroxylation is 1. The average Bonchev–Trinajstić information content (AvgIpc) is 3.27. The number of nitrogens with zero attached hydrogens (tertiary/aromatic N) is 4. The van der Waals surface area contributed by atoms with Gasteiger partial charge in [-0.15, -0.1) is 10.2 Å². The highest BCUT2D eigenvalue weighted by Crippen LogP contribution is 2.34. The predicted molar refractivity (Wildman–Crippen MR) is 135 cm³/mol. The third-order valence-corrected chi connectivity index (χ3v) is 6.29. The summed E-state index contributed by atoms with van der Waals surface area (Å²) in [4.78, 5) is 23.4. The number of carbonyl (C=O) groups excluding carboxylic acids is 1. The molecule has 0 spiro atoms. The van der Waals surface area contributed by atoms with Crippen LogP contribution in [0, 0.1) is 17.0 Å². The largest absolute Gasteiger partial charge is 0.496 e. The summed E-state index contributed by atoms with van der Waals surface area (Å²) in [6, 6.07) is 21.3. The minimum absolute atomic E-state index is 0.0938. The maximum Gasteiger partial charge on any atom is 0.271 e. The maximum atomic E-state index is 12.9. The van der Waals surface area contributed by atoms with E-state index in [2.05, 4.69) is 15.5 Å². The third-order valence-electron chi connectivity index (χ3n) is 5.25. The van der Waals surface area contributed by atoms with Crippen molar-refractivity contribution in [3.8, 4) is 22.8 Å². The quantitative estimate of drug-likeness (QED) is 0.204. The molecule has 1 amide bonds. The molecular weight excluding hydrogens is 466 g/mol. The van der Waals surface area contributed by atoms with Crippen LogP contribution in [0.3, 0.4) is 0 Å². The van der Waals surface area contributed by atoms with Crippen LogP contribution in [0.1, 0.15) is 12.5 Å². The number of nitro benzene ring substituents is 1. The second kappa shape index (κ2) is 10.4. The smallest absolute Gasteiger partial charge is 0.271 e. The van der Waals surface area contributed by atoms with Crippen molar-refractivity contribution in [3.63, 3.8) is 0 Å². The van der Waals surface area contributed by atoms with E-state index in [4.69, 9.17) is 4.74 Å². The highest BCUT2D eigenvalue weighted by molar-refractivity contribution is 8.00. The van der Waals surface area contributed by atoms with Crippen LogP contribution < -0.4 is 10.1 Å². The number of thioether (sulfide) groups is 1. The second-order valence-electron chi connectivity index (χ2n) is 7.73. The van der Waals surface area contributed by atoms with Crippen LogP contribution >= 0.6 is 11.8 Å². The summed E-state index contributed by atoms with van der Waals surface area (Å²) in [7, 11) is 1.60. The van der Waals surface area contributed by atoms with E-state index in [1.807, 2.05) is 60.0 Å². The molecule has 1 unspecified atom stereocenters. The molecule has 0 saturated heterocycles. The van der Waals surface area contributed by atoms with E-state index in [0.29, 0.717) is 22.4 Å². The Labute approximate surface area is 206 Å². The number of ether oxygens (including phenoxy) is 1. The molecule has 9 nitrogen and oxygen atoms in total. The molecule has 0 bridgehead atoms. The van der Waals surface area contributed by atoms with Gasteiger partial charge in [-0.1, -0.05) is 47.7 Å². The summed E-state index contributed by atoms with van der Waals surface area (Å²) in [5, 5.41) is 22.5. The molecule has 0 aliphatic rings. The van der Waals surface area contributed by atoms with Gasteiger partial charge >= 0.3 is 0 Å². The molecule has 4 rings (SSSR count). The van der Waals surface area contributed by atoms with E-state index in [0.717, 1.165) is 16.8 Å². The van der Waals surface area contributed by atoms with Crippen LogP contribution in [0.4, 0.5) is 11.4 Å². The molecular formula is C25H23N5O4S. The third kappa shape index (κ3) is 5.33. The molecule has 0 fully saturated rings. The normalized spacial score (nSPS) is 11.6. The van der Waals surface area contributed by atoms with Crippen LogP contribution in [0.25, 0.3) is 17.1 Å². The summed E-state index contributed by atoms with van der Waals surface area (Å²) in [5.41, 5.74) is 2.98. The Kier molecular flexibility index (Phi) is 7.11. The summed E-state index contributed by atoms with van der Waals surface area (Å²) in [6.45, 7) is 3.75. The fourth-order valence-corrected chi connectivity index (χ4v) is 4.30. The maximum absolute atomic E-state index is 12.9. The van der Waals surface area contributed by atoms with Gasteiger partial charge in [0.25, 0.3) is 5.69 Å². The molecule has 3 aromatic carbocycles. The van der Waals surface area contributed by atoms with E-state index < -0.39 is 10.2 Å². The molecule has 0 aliphatic heterocycles. The van der Waals surface area contributed by atoms with Crippen LogP contribution in [0.2, 0.25) is 0 Å². The predicted octanol–water partition coefficient (Wildman–Crippen LogP) is 5.28. The number of rotatable bonds is 8. The highest BCUT2D eigenvalue weighted by atomic mass is 32.2. The number of non-ortho nitro benzene ring substituents is 1. The van der Waals surface area contributed by atoms with Gasteiger partial charge in [0.1, 0.15) is 5.75 Å². The SMILES string of the molecule is COc1ccccc1-c1nnc(SC(C)C(=O)Nc2cccc([N+](=O)[O-])c2)n1-c1ccc(C)cc1. The lowest BCUT2D eigenvalue weighted by Crippen LogP contribution is -2.23. The first-order valence-electron chi connectivity index (χ1n) is 10.7. The summed E-state index contributed by atoms with van der Waals surface area (Å²) in [6.07, 6.45) is 0. The molecule has 10 heteroatoms.